The van der Waals surface area contributed by atoms with Crippen LogP contribution in [0, 0.1) is 0 Å². The number of carbonyl (C=O) groups is 1. The Labute approximate surface area is 214 Å². The summed E-state index contributed by atoms with van der Waals surface area (Å²) >= 11 is 0. The number of rotatable bonds is 4. The minimum atomic E-state index is -1.08. The second-order valence-electron chi connectivity index (χ2n) is 10.4. The number of fused-ring (bicyclic) bond motifs is 4. The maximum absolute atomic E-state index is 13.1. The molecule has 1 fully saturated rings. The van der Waals surface area contributed by atoms with Crippen LogP contribution in [0.15, 0.2) is 71.3 Å². The fourth-order valence-corrected chi connectivity index (χ4v) is 5.86. The van der Waals surface area contributed by atoms with Crippen molar-refractivity contribution < 1.29 is 14.3 Å². The van der Waals surface area contributed by atoms with Crippen LogP contribution in [-0.2, 0) is 29.7 Å². The summed E-state index contributed by atoms with van der Waals surface area (Å²) in [4.78, 5) is 15.0. The molecular weight excluding hydrogens is 464 g/mol. The van der Waals surface area contributed by atoms with Gasteiger partial charge in [-0.05, 0) is 79.1 Å². The molecule has 0 bridgehead atoms. The SMILES string of the molecule is O=C(Cc1ccc2oc3ccccc3c2c1)N1CCC(O)(c2cn(-c3ccc4c(c3)CCC4)nn2)CC1. The molecule has 0 spiro atoms. The zero-order chi connectivity index (χ0) is 25.0. The Kier molecular flexibility index (Phi) is 5.15. The van der Waals surface area contributed by atoms with Gasteiger partial charge in [0.1, 0.15) is 22.5 Å². The van der Waals surface area contributed by atoms with Gasteiger partial charge in [0.25, 0.3) is 0 Å². The first-order valence-corrected chi connectivity index (χ1v) is 13.0. The lowest BCUT2D eigenvalue weighted by Crippen LogP contribution is -2.45. The number of hydrogen-bond acceptors (Lipinski definition) is 5. The van der Waals surface area contributed by atoms with Crippen LogP contribution in [0.1, 0.15) is 41.6 Å². The molecule has 5 aromatic rings. The molecule has 1 saturated heterocycles. The van der Waals surface area contributed by atoms with Gasteiger partial charge in [-0.15, -0.1) is 5.10 Å². The predicted octanol–water partition coefficient (Wildman–Crippen LogP) is 4.71. The third kappa shape index (κ3) is 3.90. The zero-order valence-corrected chi connectivity index (χ0v) is 20.6. The molecule has 1 N–H and O–H groups in total. The van der Waals surface area contributed by atoms with Crippen LogP contribution >= 0.6 is 0 Å². The first-order chi connectivity index (χ1) is 18.1. The molecule has 0 unspecified atom stereocenters. The number of aromatic nitrogens is 3. The molecule has 1 aliphatic heterocycles. The van der Waals surface area contributed by atoms with E-state index >= 15 is 0 Å². The lowest BCUT2D eigenvalue weighted by Gasteiger charge is -2.37. The summed E-state index contributed by atoms with van der Waals surface area (Å²) in [7, 11) is 0. The summed E-state index contributed by atoms with van der Waals surface area (Å²) in [6.45, 7) is 0.968. The second kappa shape index (κ2) is 8.56. The monoisotopic (exact) mass is 492 g/mol. The van der Waals surface area contributed by atoms with Crippen molar-refractivity contribution in [2.45, 2.75) is 44.1 Å². The van der Waals surface area contributed by atoms with Crippen LogP contribution in [0.5, 0.6) is 0 Å². The van der Waals surface area contributed by atoms with Gasteiger partial charge in [-0.2, -0.15) is 0 Å². The Bertz CT molecular complexity index is 1640. The van der Waals surface area contributed by atoms with E-state index in [1.54, 1.807) is 4.68 Å². The highest BCUT2D eigenvalue weighted by Crippen LogP contribution is 2.33. The number of carbonyl (C=O) groups excluding carboxylic acids is 1. The Morgan fingerprint density at radius 1 is 0.946 bits per heavy atom. The van der Waals surface area contributed by atoms with E-state index < -0.39 is 5.60 Å². The number of hydrogen-bond donors (Lipinski definition) is 1. The molecule has 37 heavy (non-hydrogen) atoms. The van der Waals surface area contributed by atoms with Gasteiger partial charge in [0.15, 0.2) is 0 Å². The summed E-state index contributed by atoms with van der Waals surface area (Å²) in [5, 5.41) is 22.1. The molecule has 0 saturated carbocycles. The maximum Gasteiger partial charge on any atom is 0.226 e. The van der Waals surface area contributed by atoms with Gasteiger partial charge in [0.05, 0.1) is 18.3 Å². The maximum atomic E-state index is 13.1. The van der Waals surface area contributed by atoms with Gasteiger partial charge in [0.2, 0.25) is 5.91 Å². The molecule has 0 radical (unpaired) electrons. The highest BCUT2D eigenvalue weighted by molar-refractivity contribution is 6.05. The van der Waals surface area contributed by atoms with E-state index in [1.807, 2.05) is 47.5 Å². The van der Waals surface area contributed by atoms with Crippen molar-refractivity contribution in [2.75, 3.05) is 13.1 Å². The molecule has 7 heteroatoms. The molecule has 1 aliphatic carbocycles. The van der Waals surface area contributed by atoms with E-state index in [-0.39, 0.29) is 5.91 Å². The summed E-state index contributed by atoms with van der Waals surface area (Å²) in [5.74, 6) is 0.0657. The van der Waals surface area contributed by atoms with Crippen molar-refractivity contribution >= 4 is 27.8 Å². The minimum absolute atomic E-state index is 0.0657. The largest absolute Gasteiger partial charge is 0.456 e. The van der Waals surface area contributed by atoms with Crippen LogP contribution in [0.4, 0.5) is 0 Å². The van der Waals surface area contributed by atoms with Crippen LogP contribution in [0.2, 0.25) is 0 Å². The quantitative estimate of drug-likeness (QED) is 0.393. The third-order valence-corrected chi connectivity index (χ3v) is 8.06. The summed E-state index contributed by atoms with van der Waals surface area (Å²) < 4.78 is 7.66. The number of aliphatic hydroxyl groups is 1. The number of para-hydroxylation sites is 1. The molecule has 3 heterocycles. The number of nitrogens with zero attached hydrogens (tertiary/aromatic N) is 4. The molecule has 2 aliphatic rings. The van der Waals surface area contributed by atoms with E-state index in [0.717, 1.165) is 46.0 Å². The molecular formula is C30H28N4O3. The van der Waals surface area contributed by atoms with Crippen molar-refractivity contribution in [3.05, 3.63) is 89.2 Å². The average Bonchev–Trinajstić information content (AvgIpc) is 3.67. The summed E-state index contributed by atoms with van der Waals surface area (Å²) in [6.07, 6.45) is 6.47. The van der Waals surface area contributed by atoms with E-state index in [9.17, 15) is 9.90 Å². The van der Waals surface area contributed by atoms with Gasteiger partial charge in [-0.3, -0.25) is 4.79 Å². The smallest absolute Gasteiger partial charge is 0.226 e. The van der Waals surface area contributed by atoms with Gasteiger partial charge in [0, 0.05) is 23.9 Å². The van der Waals surface area contributed by atoms with Gasteiger partial charge < -0.3 is 14.4 Å². The molecule has 7 rings (SSSR count). The molecule has 2 aromatic heterocycles. The van der Waals surface area contributed by atoms with Crippen molar-refractivity contribution in [3.8, 4) is 5.69 Å². The highest BCUT2D eigenvalue weighted by atomic mass is 16.3. The minimum Gasteiger partial charge on any atom is -0.456 e. The Hall–Kier alpha value is -3.97. The van der Waals surface area contributed by atoms with Crippen molar-refractivity contribution in [3.63, 3.8) is 0 Å². The lowest BCUT2D eigenvalue weighted by atomic mass is 9.88. The standard InChI is InChI=1S/C30H28N4O3/c35-29(17-20-8-11-27-25(16-20)24-6-1-2-7-26(24)37-27)33-14-12-30(36,13-15-33)28-19-34(32-31-28)23-10-9-21-4-3-5-22(21)18-23/h1-2,6-11,16,18-19,36H,3-5,12-15,17H2. The number of benzene rings is 3. The van der Waals surface area contributed by atoms with Crippen molar-refractivity contribution in [1.29, 1.82) is 0 Å². The number of piperidine rings is 1. The second-order valence-corrected chi connectivity index (χ2v) is 10.4. The van der Waals surface area contributed by atoms with Crippen LogP contribution in [-0.4, -0.2) is 44.0 Å². The van der Waals surface area contributed by atoms with E-state index in [4.69, 9.17) is 4.42 Å². The molecule has 3 aromatic carbocycles. The highest BCUT2D eigenvalue weighted by Gasteiger charge is 2.38. The Balaban J connectivity index is 1.03. The fraction of sp³-hybridized carbons (Fsp3) is 0.300. The molecule has 186 valence electrons. The number of furan rings is 1. The van der Waals surface area contributed by atoms with Gasteiger partial charge >= 0.3 is 0 Å². The first-order valence-electron chi connectivity index (χ1n) is 13.0. The van der Waals surface area contributed by atoms with Crippen LogP contribution in [0.25, 0.3) is 27.6 Å². The van der Waals surface area contributed by atoms with Crippen LogP contribution in [0.3, 0.4) is 0 Å². The third-order valence-electron chi connectivity index (χ3n) is 8.06. The number of aryl methyl sites for hydroxylation is 2. The first kappa shape index (κ1) is 22.2. The van der Waals surface area contributed by atoms with Crippen LogP contribution < -0.4 is 0 Å². The summed E-state index contributed by atoms with van der Waals surface area (Å²) in [5.41, 5.74) is 5.88. The topological polar surface area (TPSA) is 84.4 Å². The van der Waals surface area contributed by atoms with E-state index in [2.05, 4.69) is 34.6 Å². The van der Waals surface area contributed by atoms with Gasteiger partial charge in [-0.1, -0.05) is 35.5 Å². The Morgan fingerprint density at radius 2 is 1.76 bits per heavy atom. The molecule has 0 atom stereocenters. The zero-order valence-electron chi connectivity index (χ0n) is 20.6. The average molecular weight is 493 g/mol. The molecule has 7 nitrogen and oxygen atoms in total. The van der Waals surface area contributed by atoms with Crippen molar-refractivity contribution in [1.82, 2.24) is 19.9 Å². The fourth-order valence-electron chi connectivity index (χ4n) is 5.86. The predicted molar refractivity (Wildman–Crippen MR) is 141 cm³/mol. The van der Waals surface area contributed by atoms with E-state index in [0.29, 0.717) is 38.0 Å². The lowest BCUT2D eigenvalue weighted by molar-refractivity contribution is -0.135. The van der Waals surface area contributed by atoms with Crippen molar-refractivity contribution in [2.24, 2.45) is 0 Å². The number of amides is 1. The summed E-state index contributed by atoms with van der Waals surface area (Å²) in [6, 6.07) is 20.3. The van der Waals surface area contributed by atoms with E-state index in [1.165, 1.54) is 17.5 Å². The normalized spacial score (nSPS) is 16.9. The Morgan fingerprint density at radius 3 is 2.65 bits per heavy atom. The number of likely N-dealkylation sites (tertiary alicyclic amines) is 1. The van der Waals surface area contributed by atoms with Gasteiger partial charge in [-0.25, -0.2) is 4.68 Å². The molecule has 1 amide bonds.